The lowest BCUT2D eigenvalue weighted by atomic mass is 10.2. The fourth-order valence-electron chi connectivity index (χ4n) is 2.73. The topological polar surface area (TPSA) is 63.1 Å². The van der Waals surface area contributed by atoms with Crippen molar-refractivity contribution in [2.45, 2.75) is 65.1 Å². The van der Waals surface area contributed by atoms with Crippen molar-refractivity contribution >= 4 is 5.91 Å². The van der Waals surface area contributed by atoms with Crippen LogP contribution in [0.2, 0.25) is 0 Å². The quantitative estimate of drug-likeness (QED) is 0.865. The van der Waals surface area contributed by atoms with E-state index in [-0.39, 0.29) is 11.9 Å². The molecule has 1 aromatic heterocycles. The zero-order chi connectivity index (χ0) is 15.1. The van der Waals surface area contributed by atoms with Gasteiger partial charge in [0.05, 0.1) is 6.54 Å². The van der Waals surface area contributed by atoms with Crippen molar-refractivity contribution in [3.8, 4) is 0 Å². The number of carbonyl (C=O) groups excluding carboxylic acids is 1. The maximum atomic E-state index is 12.3. The van der Waals surface area contributed by atoms with Crippen LogP contribution in [0.3, 0.4) is 0 Å². The molecule has 0 spiro atoms. The number of nitrogens with one attached hydrogen (secondary N) is 1. The second kappa shape index (κ2) is 8.12. The number of amides is 1. The third-order valence-electron chi connectivity index (χ3n) is 4.08. The Morgan fingerprint density at radius 2 is 2.05 bits per heavy atom. The van der Waals surface area contributed by atoms with Crippen molar-refractivity contribution in [3.05, 3.63) is 12.2 Å². The van der Waals surface area contributed by atoms with E-state index in [2.05, 4.69) is 29.4 Å². The second-order valence-electron chi connectivity index (χ2n) is 5.81. The number of nitrogens with zero attached hydrogens (tertiary/aromatic N) is 4. The predicted molar refractivity (Wildman–Crippen MR) is 81.7 cm³/mol. The summed E-state index contributed by atoms with van der Waals surface area (Å²) >= 11 is 0. The van der Waals surface area contributed by atoms with E-state index >= 15 is 0 Å². The summed E-state index contributed by atoms with van der Waals surface area (Å²) in [5, 5.41) is 11.4. The minimum absolute atomic E-state index is 0.155. The summed E-state index contributed by atoms with van der Waals surface area (Å²) in [4.78, 5) is 14.3. The summed E-state index contributed by atoms with van der Waals surface area (Å²) in [6, 6.07) is 0.155. The highest BCUT2D eigenvalue weighted by atomic mass is 16.2. The molecule has 1 fully saturated rings. The molecule has 0 aromatic carbocycles. The molecule has 0 radical (unpaired) electrons. The smallest absolute Gasteiger partial charge is 0.224 e. The number of aromatic nitrogens is 3. The number of aryl methyl sites for hydroxylation is 1. The molecule has 0 saturated carbocycles. The van der Waals surface area contributed by atoms with Gasteiger partial charge in [0, 0.05) is 32.1 Å². The van der Waals surface area contributed by atoms with Crippen molar-refractivity contribution in [3.63, 3.8) is 0 Å². The molecule has 21 heavy (non-hydrogen) atoms. The first-order chi connectivity index (χ1) is 10.2. The van der Waals surface area contributed by atoms with Crippen LogP contribution in [0.5, 0.6) is 0 Å². The van der Waals surface area contributed by atoms with Gasteiger partial charge in [-0.15, -0.1) is 10.2 Å². The number of hydrogen-bond acceptors (Lipinski definition) is 4. The molecule has 1 amide bonds. The standard InChI is InChI=1S/C15H27N5O/c1-3-19-12-17-18-14(19)11-16-13(2)10-15(21)20-8-6-4-5-7-9-20/h12-13,16H,3-11H2,1-2H3. The largest absolute Gasteiger partial charge is 0.343 e. The lowest BCUT2D eigenvalue weighted by molar-refractivity contribution is -0.131. The van der Waals surface area contributed by atoms with Crippen LogP contribution in [0.25, 0.3) is 0 Å². The molecule has 1 unspecified atom stereocenters. The minimum Gasteiger partial charge on any atom is -0.343 e. The molecule has 118 valence electrons. The molecule has 6 heteroatoms. The molecule has 2 rings (SSSR count). The van der Waals surface area contributed by atoms with E-state index in [1.165, 1.54) is 12.8 Å². The van der Waals surface area contributed by atoms with Gasteiger partial charge in [-0.05, 0) is 26.7 Å². The van der Waals surface area contributed by atoms with E-state index in [0.29, 0.717) is 13.0 Å². The van der Waals surface area contributed by atoms with Gasteiger partial charge < -0.3 is 14.8 Å². The van der Waals surface area contributed by atoms with E-state index in [9.17, 15) is 4.79 Å². The third kappa shape index (κ3) is 4.81. The van der Waals surface area contributed by atoms with Crippen LogP contribution in [0.15, 0.2) is 6.33 Å². The Labute approximate surface area is 126 Å². The van der Waals surface area contributed by atoms with E-state index in [4.69, 9.17) is 0 Å². The molecule has 2 heterocycles. The molecule has 1 atom stereocenters. The van der Waals surface area contributed by atoms with Crippen molar-refractivity contribution in [1.82, 2.24) is 25.0 Å². The Bertz CT molecular complexity index is 437. The van der Waals surface area contributed by atoms with Crippen molar-refractivity contribution in [1.29, 1.82) is 0 Å². The molecule has 1 aliphatic heterocycles. The molecule has 0 bridgehead atoms. The van der Waals surface area contributed by atoms with Gasteiger partial charge >= 0.3 is 0 Å². The number of hydrogen-bond donors (Lipinski definition) is 1. The highest BCUT2D eigenvalue weighted by Gasteiger charge is 2.18. The normalized spacial score (nSPS) is 17.5. The zero-order valence-electron chi connectivity index (χ0n) is 13.2. The minimum atomic E-state index is 0.155. The molecule has 1 saturated heterocycles. The van der Waals surface area contributed by atoms with Gasteiger partial charge in [0.25, 0.3) is 0 Å². The Balaban J connectivity index is 1.75. The van der Waals surface area contributed by atoms with Crippen LogP contribution in [0.1, 0.15) is 51.8 Å². The van der Waals surface area contributed by atoms with Gasteiger partial charge in [0.15, 0.2) is 0 Å². The first-order valence-electron chi connectivity index (χ1n) is 8.08. The third-order valence-corrected chi connectivity index (χ3v) is 4.08. The first kappa shape index (κ1) is 15.9. The lowest BCUT2D eigenvalue weighted by Crippen LogP contribution is -2.37. The first-order valence-corrected chi connectivity index (χ1v) is 8.08. The van der Waals surface area contributed by atoms with Crippen LogP contribution in [0, 0.1) is 0 Å². The molecule has 6 nitrogen and oxygen atoms in total. The molecule has 1 aromatic rings. The maximum Gasteiger partial charge on any atom is 0.224 e. The van der Waals surface area contributed by atoms with Crippen LogP contribution in [-0.4, -0.2) is 44.7 Å². The summed E-state index contributed by atoms with van der Waals surface area (Å²) < 4.78 is 2.01. The lowest BCUT2D eigenvalue weighted by Gasteiger charge is -2.22. The van der Waals surface area contributed by atoms with Gasteiger partial charge in [-0.25, -0.2) is 0 Å². The van der Waals surface area contributed by atoms with Gasteiger partial charge in [-0.1, -0.05) is 12.8 Å². The highest BCUT2D eigenvalue weighted by Crippen LogP contribution is 2.11. The zero-order valence-corrected chi connectivity index (χ0v) is 13.2. The van der Waals surface area contributed by atoms with Crippen LogP contribution < -0.4 is 5.32 Å². The fourth-order valence-corrected chi connectivity index (χ4v) is 2.73. The van der Waals surface area contributed by atoms with Gasteiger partial charge in [0.1, 0.15) is 12.2 Å². The average Bonchev–Trinajstić information content (AvgIpc) is 2.75. The van der Waals surface area contributed by atoms with E-state index in [0.717, 1.165) is 38.3 Å². The SMILES string of the molecule is CCn1cnnc1CNC(C)CC(=O)N1CCCCCC1. The molecular weight excluding hydrogens is 266 g/mol. The summed E-state index contributed by atoms with van der Waals surface area (Å²) in [6.07, 6.45) is 7.10. The predicted octanol–water partition coefficient (Wildman–Crippen LogP) is 1.57. The van der Waals surface area contributed by atoms with Gasteiger partial charge in [-0.2, -0.15) is 0 Å². The molecule has 0 aliphatic carbocycles. The Kier molecular flexibility index (Phi) is 6.17. The van der Waals surface area contributed by atoms with Crippen molar-refractivity contribution < 1.29 is 4.79 Å². The van der Waals surface area contributed by atoms with E-state index < -0.39 is 0 Å². The Morgan fingerprint density at radius 3 is 2.71 bits per heavy atom. The fraction of sp³-hybridized carbons (Fsp3) is 0.800. The second-order valence-corrected chi connectivity index (χ2v) is 5.81. The molecule has 1 aliphatic rings. The summed E-state index contributed by atoms with van der Waals surface area (Å²) in [7, 11) is 0. The van der Waals surface area contributed by atoms with Gasteiger partial charge in [0.2, 0.25) is 5.91 Å². The number of rotatable bonds is 6. The van der Waals surface area contributed by atoms with Crippen LogP contribution in [0.4, 0.5) is 0 Å². The summed E-state index contributed by atoms with van der Waals surface area (Å²) in [5.41, 5.74) is 0. The van der Waals surface area contributed by atoms with E-state index in [1.807, 2.05) is 9.47 Å². The van der Waals surface area contributed by atoms with Crippen LogP contribution >= 0.6 is 0 Å². The average molecular weight is 293 g/mol. The monoisotopic (exact) mass is 293 g/mol. The van der Waals surface area contributed by atoms with E-state index in [1.54, 1.807) is 6.33 Å². The van der Waals surface area contributed by atoms with Gasteiger partial charge in [-0.3, -0.25) is 4.79 Å². The molecule has 1 N–H and O–H groups in total. The number of carbonyl (C=O) groups is 1. The van der Waals surface area contributed by atoms with Crippen molar-refractivity contribution in [2.75, 3.05) is 13.1 Å². The summed E-state index contributed by atoms with van der Waals surface area (Å²) in [5.74, 6) is 1.19. The highest BCUT2D eigenvalue weighted by molar-refractivity contribution is 5.76. The van der Waals surface area contributed by atoms with Crippen LogP contribution in [-0.2, 0) is 17.9 Å². The molecular formula is C15H27N5O. The Hall–Kier alpha value is -1.43. The number of likely N-dealkylation sites (tertiary alicyclic amines) is 1. The van der Waals surface area contributed by atoms with Crippen molar-refractivity contribution in [2.24, 2.45) is 0 Å². The summed E-state index contributed by atoms with van der Waals surface area (Å²) in [6.45, 7) is 7.50. The Morgan fingerprint density at radius 1 is 1.33 bits per heavy atom. The maximum absolute atomic E-state index is 12.3.